The number of benzene rings is 1. The summed E-state index contributed by atoms with van der Waals surface area (Å²) in [5.74, 6) is -0.988. The highest BCUT2D eigenvalue weighted by molar-refractivity contribution is 6.31. The van der Waals surface area contributed by atoms with E-state index in [1.54, 1.807) is 0 Å². The second-order valence-electron chi connectivity index (χ2n) is 4.91. The molecule has 0 aliphatic rings. The standard InChI is InChI=1S/C14H8ClF3N4O2/c15-8-2-6(1-7(3-8)14(16,17)18)9-4-10(23)11(12(19)24)13-20-5-21-22(9)13/h1-5H,(H2,19,24)(H,20,21). The Kier molecular flexibility index (Phi) is 3.60. The number of primary amides is 1. The number of halogens is 4. The molecule has 10 heteroatoms. The molecule has 24 heavy (non-hydrogen) atoms. The van der Waals surface area contributed by atoms with Crippen LogP contribution < -0.4 is 11.2 Å². The number of aromatic nitrogens is 3. The number of H-pyrrole nitrogens is 1. The van der Waals surface area contributed by atoms with E-state index in [9.17, 15) is 22.8 Å². The van der Waals surface area contributed by atoms with Crippen molar-refractivity contribution in [3.63, 3.8) is 0 Å². The van der Waals surface area contributed by atoms with Crippen molar-refractivity contribution in [3.05, 3.63) is 57.0 Å². The van der Waals surface area contributed by atoms with Crippen LogP contribution in [0.1, 0.15) is 15.9 Å². The Morgan fingerprint density at radius 2 is 1.96 bits per heavy atom. The van der Waals surface area contributed by atoms with Crippen LogP contribution in [-0.4, -0.2) is 20.5 Å². The Bertz CT molecular complexity index is 1020. The molecule has 6 nitrogen and oxygen atoms in total. The number of nitrogens with zero attached hydrogens (tertiary/aromatic N) is 2. The summed E-state index contributed by atoms with van der Waals surface area (Å²) in [5, 5.41) is 2.47. The minimum absolute atomic E-state index is 0.0298. The van der Waals surface area contributed by atoms with Crippen molar-refractivity contribution in [1.82, 2.24) is 14.6 Å². The van der Waals surface area contributed by atoms with Crippen molar-refractivity contribution in [2.75, 3.05) is 0 Å². The number of aromatic amines is 1. The van der Waals surface area contributed by atoms with Crippen LogP contribution in [0.5, 0.6) is 0 Å². The first-order chi connectivity index (χ1) is 11.2. The van der Waals surface area contributed by atoms with Crippen molar-refractivity contribution in [3.8, 4) is 11.3 Å². The lowest BCUT2D eigenvalue weighted by molar-refractivity contribution is -0.137. The van der Waals surface area contributed by atoms with Crippen molar-refractivity contribution in [2.24, 2.45) is 5.73 Å². The highest BCUT2D eigenvalue weighted by Gasteiger charge is 2.31. The number of carbonyl (C=O) groups is 1. The maximum Gasteiger partial charge on any atom is 0.416 e. The fourth-order valence-corrected chi connectivity index (χ4v) is 2.58. The number of hydrogen-bond acceptors (Lipinski definition) is 3. The minimum Gasteiger partial charge on any atom is -0.365 e. The van der Waals surface area contributed by atoms with E-state index < -0.39 is 23.1 Å². The Balaban J connectivity index is 2.34. The van der Waals surface area contributed by atoms with Crippen molar-refractivity contribution < 1.29 is 18.0 Å². The summed E-state index contributed by atoms with van der Waals surface area (Å²) in [7, 11) is 0. The van der Waals surface area contributed by atoms with E-state index >= 15 is 0 Å². The Hall–Kier alpha value is -2.81. The number of carbonyl (C=O) groups excluding carboxylic acids is 1. The van der Waals surface area contributed by atoms with E-state index in [0.717, 1.165) is 18.2 Å². The number of nitrogens with two attached hydrogens (primary N) is 1. The lowest BCUT2D eigenvalue weighted by atomic mass is 10.1. The van der Waals surface area contributed by atoms with E-state index in [-0.39, 0.29) is 27.5 Å². The van der Waals surface area contributed by atoms with Crippen LogP contribution in [0.2, 0.25) is 5.02 Å². The molecule has 3 N–H and O–H groups in total. The smallest absolute Gasteiger partial charge is 0.365 e. The molecule has 124 valence electrons. The van der Waals surface area contributed by atoms with Crippen LogP contribution in [0, 0.1) is 0 Å². The summed E-state index contributed by atoms with van der Waals surface area (Å²) in [6.45, 7) is 0. The molecule has 0 radical (unpaired) electrons. The maximum atomic E-state index is 13.0. The monoisotopic (exact) mass is 356 g/mol. The molecule has 0 aliphatic heterocycles. The predicted molar refractivity (Wildman–Crippen MR) is 79.8 cm³/mol. The van der Waals surface area contributed by atoms with Crippen LogP contribution >= 0.6 is 11.6 Å². The van der Waals surface area contributed by atoms with Crippen molar-refractivity contribution in [2.45, 2.75) is 6.18 Å². The van der Waals surface area contributed by atoms with E-state index in [2.05, 4.69) is 10.1 Å². The van der Waals surface area contributed by atoms with Crippen LogP contribution in [0.15, 0.2) is 35.4 Å². The molecule has 0 aliphatic carbocycles. The van der Waals surface area contributed by atoms with Gasteiger partial charge in [0.1, 0.15) is 11.9 Å². The largest absolute Gasteiger partial charge is 0.416 e. The van der Waals surface area contributed by atoms with Gasteiger partial charge in [0.15, 0.2) is 11.1 Å². The maximum absolute atomic E-state index is 13.0. The highest BCUT2D eigenvalue weighted by atomic mass is 35.5. The van der Waals surface area contributed by atoms with Gasteiger partial charge in [-0.05, 0) is 18.2 Å². The van der Waals surface area contributed by atoms with Gasteiger partial charge in [-0.1, -0.05) is 11.6 Å². The Labute approximate surface area is 136 Å². The molecule has 0 fully saturated rings. The van der Waals surface area contributed by atoms with Gasteiger partial charge in [-0.2, -0.15) is 13.2 Å². The van der Waals surface area contributed by atoms with Crippen molar-refractivity contribution in [1.29, 1.82) is 0 Å². The fourth-order valence-electron chi connectivity index (χ4n) is 2.34. The number of rotatable bonds is 2. The second-order valence-corrected chi connectivity index (χ2v) is 5.34. The molecule has 0 atom stereocenters. The van der Waals surface area contributed by atoms with Gasteiger partial charge in [-0.25, -0.2) is 9.50 Å². The molecule has 1 amide bonds. The SMILES string of the molecule is NC(=O)c1c(=O)cc(-c2cc(Cl)cc(C(F)(F)F)c2)n2[nH]cnc12. The van der Waals surface area contributed by atoms with Crippen LogP contribution in [-0.2, 0) is 6.18 Å². The summed E-state index contributed by atoms with van der Waals surface area (Å²) >= 11 is 5.77. The molecule has 0 unspecified atom stereocenters. The zero-order valence-electron chi connectivity index (χ0n) is 11.7. The van der Waals surface area contributed by atoms with E-state index in [1.165, 1.54) is 16.9 Å². The first kappa shape index (κ1) is 16.1. The Morgan fingerprint density at radius 3 is 2.58 bits per heavy atom. The molecular formula is C14H8ClF3N4O2. The number of hydrogen-bond donors (Lipinski definition) is 2. The summed E-state index contributed by atoms with van der Waals surface area (Å²) in [6.07, 6.45) is -3.43. The van der Waals surface area contributed by atoms with Crippen LogP contribution in [0.25, 0.3) is 16.9 Å². The highest BCUT2D eigenvalue weighted by Crippen LogP contribution is 2.34. The summed E-state index contributed by atoms with van der Waals surface area (Å²) in [6, 6.07) is 3.88. The van der Waals surface area contributed by atoms with Gasteiger partial charge in [0.25, 0.3) is 5.91 Å². The molecule has 3 rings (SSSR count). The first-order valence-electron chi connectivity index (χ1n) is 6.45. The molecule has 2 heterocycles. The number of nitrogens with one attached hydrogen (secondary N) is 1. The Morgan fingerprint density at radius 1 is 1.25 bits per heavy atom. The fraction of sp³-hybridized carbons (Fsp3) is 0.0714. The number of fused-ring (bicyclic) bond motifs is 1. The average molecular weight is 357 g/mol. The van der Waals surface area contributed by atoms with E-state index in [4.69, 9.17) is 17.3 Å². The van der Waals surface area contributed by atoms with Gasteiger partial charge in [0.05, 0.1) is 11.3 Å². The number of pyridine rings is 1. The lowest BCUT2D eigenvalue weighted by Crippen LogP contribution is -2.23. The number of amides is 1. The van der Waals surface area contributed by atoms with Gasteiger partial charge in [-0.15, -0.1) is 0 Å². The molecule has 3 aromatic rings. The van der Waals surface area contributed by atoms with Gasteiger partial charge >= 0.3 is 6.18 Å². The molecule has 1 aromatic carbocycles. The van der Waals surface area contributed by atoms with Crippen molar-refractivity contribution >= 4 is 23.2 Å². The molecule has 0 spiro atoms. The van der Waals surface area contributed by atoms with Crippen LogP contribution in [0.3, 0.4) is 0 Å². The van der Waals surface area contributed by atoms with Gasteiger partial charge in [0.2, 0.25) is 0 Å². The number of alkyl halides is 3. The lowest BCUT2D eigenvalue weighted by Gasteiger charge is -2.11. The average Bonchev–Trinajstić information content (AvgIpc) is 2.93. The zero-order chi connectivity index (χ0) is 17.6. The second kappa shape index (κ2) is 5.38. The first-order valence-corrected chi connectivity index (χ1v) is 6.83. The van der Waals surface area contributed by atoms with E-state index in [1.807, 2.05) is 0 Å². The molecule has 0 bridgehead atoms. The third kappa shape index (κ3) is 2.62. The normalized spacial score (nSPS) is 11.8. The third-order valence-corrected chi connectivity index (χ3v) is 3.55. The third-order valence-electron chi connectivity index (χ3n) is 3.33. The minimum atomic E-state index is -4.61. The van der Waals surface area contributed by atoms with Gasteiger partial charge in [0, 0.05) is 16.7 Å². The summed E-state index contributed by atoms with van der Waals surface area (Å²) in [4.78, 5) is 27.3. The van der Waals surface area contributed by atoms with E-state index in [0.29, 0.717) is 0 Å². The van der Waals surface area contributed by atoms with Gasteiger partial charge < -0.3 is 5.73 Å². The quantitative estimate of drug-likeness (QED) is 0.738. The van der Waals surface area contributed by atoms with Crippen LogP contribution in [0.4, 0.5) is 13.2 Å². The molecule has 2 aromatic heterocycles. The summed E-state index contributed by atoms with van der Waals surface area (Å²) in [5.41, 5.74) is 3.08. The predicted octanol–water partition coefficient (Wildman–Crippen LogP) is 2.46. The zero-order valence-corrected chi connectivity index (χ0v) is 12.4. The molecule has 0 saturated heterocycles. The summed E-state index contributed by atoms with van der Waals surface area (Å²) < 4.78 is 40.1. The van der Waals surface area contributed by atoms with Gasteiger partial charge in [-0.3, -0.25) is 14.7 Å². The molecule has 0 saturated carbocycles. The molecular weight excluding hydrogens is 349 g/mol. The topological polar surface area (TPSA) is 93.3 Å².